The van der Waals surface area contributed by atoms with Crippen molar-refractivity contribution >= 4 is 27.8 Å². The molecule has 20 heavy (non-hydrogen) atoms. The zero-order valence-electron chi connectivity index (χ0n) is 11.3. The number of fused-ring (bicyclic) bond motifs is 5. The standard InChI is InChI=1S/C19H16O/c20-12-14-5-3-7-17-16(14)10-11-18-15-6-2-1-4-13(15)8-9-19(17)18/h1-2,4,6,8-12,14H,3,5,7H2. The van der Waals surface area contributed by atoms with E-state index in [1.165, 1.54) is 32.7 Å². The Hall–Kier alpha value is -2.15. The Morgan fingerprint density at radius 2 is 1.75 bits per heavy atom. The van der Waals surface area contributed by atoms with Gasteiger partial charge >= 0.3 is 0 Å². The lowest BCUT2D eigenvalue weighted by atomic mass is 9.80. The summed E-state index contributed by atoms with van der Waals surface area (Å²) >= 11 is 0. The number of aldehydes is 1. The molecule has 0 saturated carbocycles. The summed E-state index contributed by atoms with van der Waals surface area (Å²) < 4.78 is 0. The van der Waals surface area contributed by atoms with E-state index in [4.69, 9.17) is 0 Å². The van der Waals surface area contributed by atoms with E-state index >= 15 is 0 Å². The fourth-order valence-electron chi connectivity index (χ4n) is 3.59. The van der Waals surface area contributed by atoms with Crippen molar-refractivity contribution in [2.45, 2.75) is 25.2 Å². The SMILES string of the molecule is O=CC1CCCc2c1ccc1c2ccc2ccccc21. The maximum atomic E-state index is 11.3. The highest BCUT2D eigenvalue weighted by molar-refractivity contribution is 6.09. The minimum atomic E-state index is 0.0922. The molecule has 1 heteroatoms. The number of benzene rings is 3. The molecule has 0 fully saturated rings. The van der Waals surface area contributed by atoms with Crippen LogP contribution in [0.5, 0.6) is 0 Å². The molecule has 0 heterocycles. The van der Waals surface area contributed by atoms with Crippen LogP contribution < -0.4 is 0 Å². The first kappa shape index (κ1) is 11.7. The summed E-state index contributed by atoms with van der Waals surface area (Å²) in [6.07, 6.45) is 4.32. The molecule has 1 atom stereocenters. The van der Waals surface area contributed by atoms with E-state index in [9.17, 15) is 4.79 Å². The van der Waals surface area contributed by atoms with Crippen LogP contribution in [0.4, 0.5) is 0 Å². The second-order valence-corrected chi connectivity index (χ2v) is 5.65. The third-order valence-electron chi connectivity index (χ3n) is 4.58. The van der Waals surface area contributed by atoms with Gasteiger partial charge in [-0.1, -0.05) is 48.5 Å². The quantitative estimate of drug-likeness (QED) is 0.461. The van der Waals surface area contributed by atoms with Crippen molar-refractivity contribution in [3.63, 3.8) is 0 Å². The van der Waals surface area contributed by atoms with Crippen molar-refractivity contribution in [2.75, 3.05) is 0 Å². The zero-order valence-corrected chi connectivity index (χ0v) is 11.3. The average Bonchev–Trinajstić information content (AvgIpc) is 2.53. The lowest BCUT2D eigenvalue weighted by Gasteiger charge is -2.23. The first-order chi connectivity index (χ1) is 9.88. The monoisotopic (exact) mass is 260 g/mol. The normalized spacial score (nSPS) is 18.1. The zero-order chi connectivity index (χ0) is 13.5. The van der Waals surface area contributed by atoms with Crippen molar-refractivity contribution in [2.24, 2.45) is 0 Å². The van der Waals surface area contributed by atoms with Gasteiger partial charge in [-0.2, -0.15) is 0 Å². The molecule has 3 aromatic carbocycles. The molecule has 0 bridgehead atoms. The first-order valence-corrected chi connectivity index (χ1v) is 7.27. The number of hydrogen-bond acceptors (Lipinski definition) is 1. The Balaban J connectivity index is 2.09. The molecule has 1 aliphatic carbocycles. The molecule has 0 aliphatic heterocycles. The molecule has 0 N–H and O–H groups in total. The highest BCUT2D eigenvalue weighted by atomic mass is 16.1. The van der Waals surface area contributed by atoms with Gasteiger partial charge in [-0.25, -0.2) is 0 Å². The van der Waals surface area contributed by atoms with Gasteiger partial charge in [0.25, 0.3) is 0 Å². The third-order valence-corrected chi connectivity index (χ3v) is 4.58. The topological polar surface area (TPSA) is 17.1 Å². The lowest BCUT2D eigenvalue weighted by Crippen LogP contribution is -2.11. The molecule has 0 saturated heterocycles. The summed E-state index contributed by atoms with van der Waals surface area (Å²) in [7, 11) is 0. The van der Waals surface area contributed by atoms with Gasteiger partial charge in [-0.3, -0.25) is 0 Å². The molecule has 1 unspecified atom stereocenters. The fourth-order valence-corrected chi connectivity index (χ4v) is 3.59. The second kappa shape index (κ2) is 4.45. The number of hydrogen-bond donors (Lipinski definition) is 0. The number of carbonyl (C=O) groups is 1. The van der Waals surface area contributed by atoms with Gasteiger partial charge in [-0.15, -0.1) is 0 Å². The highest BCUT2D eigenvalue weighted by Gasteiger charge is 2.21. The molecule has 0 radical (unpaired) electrons. The van der Waals surface area contributed by atoms with Crippen LogP contribution in [0.25, 0.3) is 21.5 Å². The van der Waals surface area contributed by atoms with Crippen molar-refractivity contribution in [1.29, 1.82) is 0 Å². The predicted molar refractivity (Wildman–Crippen MR) is 83.2 cm³/mol. The van der Waals surface area contributed by atoms with Crippen LogP contribution in [0, 0.1) is 0 Å². The maximum Gasteiger partial charge on any atom is 0.127 e. The molecule has 0 spiro atoms. The van der Waals surface area contributed by atoms with E-state index in [0.29, 0.717) is 0 Å². The lowest BCUT2D eigenvalue weighted by molar-refractivity contribution is -0.109. The fraction of sp³-hybridized carbons (Fsp3) is 0.211. The van der Waals surface area contributed by atoms with Crippen molar-refractivity contribution < 1.29 is 4.79 Å². The summed E-state index contributed by atoms with van der Waals surface area (Å²) in [5.41, 5.74) is 2.63. The van der Waals surface area contributed by atoms with Crippen LogP contribution in [-0.4, -0.2) is 6.29 Å². The van der Waals surface area contributed by atoms with E-state index in [1.807, 2.05) is 0 Å². The van der Waals surface area contributed by atoms with Crippen LogP contribution in [0.2, 0.25) is 0 Å². The Morgan fingerprint density at radius 1 is 0.900 bits per heavy atom. The molecular formula is C19H16O. The van der Waals surface area contributed by atoms with Crippen LogP contribution in [-0.2, 0) is 11.2 Å². The molecule has 1 aliphatic rings. The summed E-state index contributed by atoms with van der Waals surface area (Å²) in [5.74, 6) is 0.0922. The average molecular weight is 260 g/mol. The van der Waals surface area contributed by atoms with Gasteiger partial charge in [0.15, 0.2) is 0 Å². The van der Waals surface area contributed by atoms with Gasteiger partial charge in [0.1, 0.15) is 6.29 Å². The smallest absolute Gasteiger partial charge is 0.127 e. The van der Waals surface area contributed by atoms with Crippen LogP contribution in [0.3, 0.4) is 0 Å². The third kappa shape index (κ3) is 1.59. The molecule has 3 aromatic rings. The van der Waals surface area contributed by atoms with Crippen LogP contribution in [0.15, 0.2) is 48.5 Å². The molecule has 1 nitrogen and oxygen atoms in total. The van der Waals surface area contributed by atoms with Gasteiger partial charge in [0, 0.05) is 5.92 Å². The van der Waals surface area contributed by atoms with Gasteiger partial charge in [0.2, 0.25) is 0 Å². The summed E-state index contributed by atoms with van der Waals surface area (Å²) in [4.78, 5) is 11.3. The van der Waals surface area contributed by atoms with E-state index in [1.54, 1.807) is 0 Å². The number of rotatable bonds is 1. The van der Waals surface area contributed by atoms with Crippen LogP contribution >= 0.6 is 0 Å². The molecular weight excluding hydrogens is 244 g/mol. The summed E-state index contributed by atoms with van der Waals surface area (Å²) in [6.45, 7) is 0. The van der Waals surface area contributed by atoms with Crippen molar-refractivity contribution in [1.82, 2.24) is 0 Å². The molecule has 0 amide bonds. The van der Waals surface area contributed by atoms with Gasteiger partial charge in [-0.05, 0) is 51.9 Å². The highest BCUT2D eigenvalue weighted by Crippen LogP contribution is 2.37. The van der Waals surface area contributed by atoms with E-state index in [0.717, 1.165) is 25.5 Å². The molecule has 98 valence electrons. The molecule has 4 rings (SSSR count). The largest absolute Gasteiger partial charge is 0.303 e. The van der Waals surface area contributed by atoms with E-state index < -0.39 is 0 Å². The predicted octanol–water partition coefficient (Wildman–Crippen LogP) is 4.61. The Bertz CT molecular complexity index is 816. The minimum Gasteiger partial charge on any atom is -0.303 e. The van der Waals surface area contributed by atoms with E-state index in [2.05, 4.69) is 48.5 Å². The van der Waals surface area contributed by atoms with Crippen molar-refractivity contribution in [3.05, 3.63) is 59.7 Å². The number of carbonyl (C=O) groups excluding carboxylic acids is 1. The van der Waals surface area contributed by atoms with Crippen LogP contribution in [0.1, 0.15) is 29.9 Å². The summed E-state index contributed by atoms with van der Waals surface area (Å²) in [5, 5.41) is 5.23. The number of aryl methyl sites for hydroxylation is 1. The van der Waals surface area contributed by atoms with Crippen molar-refractivity contribution in [3.8, 4) is 0 Å². The maximum absolute atomic E-state index is 11.3. The minimum absolute atomic E-state index is 0.0922. The Morgan fingerprint density at radius 3 is 2.65 bits per heavy atom. The Labute approximate surface area is 118 Å². The van der Waals surface area contributed by atoms with Gasteiger partial charge in [0.05, 0.1) is 0 Å². The van der Waals surface area contributed by atoms with E-state index in [-0.39, 0.29) is 5.92 Å². The Kier molecular flexibility index (Phi) is 2.59. The first-order valence-electron chi connectivity index (χ1n) is 7.27. The molecule has 0 aromatic heterocycles. The second-order valence-electron chi connectivity index (χ2n) is 5.65. The van der Waals surface area contributed by atoms with Gasteiger partial charge < -0.3 is 4.79 Å². The summed E-state index contributed by atoms with van der Waals surface area (Å²) in [6, 6.07) is 17.3.